The van der Waals surface area contributed by atoms with Gasteiger partial charge in [-0.3, -0.25) is 10.1 Å². The number of carbonyl (C=O) groups excluding carboxylic acids is 1. The number of hydrogen-bond donors (Lipinski definition) is 1. The molecule has 134 valence electrons. The van der Waals surface area contributed by atoms with Gasteiger partial charge in [-0.05, 0) is 35.9 Å². The van der Waals surface area contributed by atoms with E-state index in [1.54, 1.807) is 18.2 Å². The lowest BCUT2D eigenvalue weighted by Gasteiger charge is -2.07. The zero-order valence-corrected chi connectivity index (χ0v) is 16.3. The van der Waals surface area contributed by atoms with Crippen molar-refractivity contribution in [2.45, 2.75) is 6.42 Å². The van der Waals surface area contributed by atoms with Crippen molar-refractivity contribution in [3.63, 3.8) is 0 Å². The Morgan fingerprint density at radius 3 is 2.50 bits per heavy atom. The van der Waals surface area contributed by atoms with E-state index in [0.29, 0.717) is 32.4 Å². The average Bonchev–Trinajstić information content (AvgIpc) is 3.03. The van der Waals surface area contributed by atoms with Gasteiger partial charge >= 0.3 is 0 Å². The molecule has 0 fully saturated rings. The van der Waals surface area contributed by atoms with Crippen LogP contribution in [0, 0.1) is 0 Å². The lowest BCUT2D eigenvalue weighted by Crippen LogP contribution is -2.20. The Balaban J connectivity index is 1.53. The highest BCUT2D eigenvalue weighted by Crippen LogP contribution is 2.27. The number of rotatable bonds is 6. The van der Waals surface area contributed by atoms with Crippen molar-refractivity contribution >= 4 is 57.2 Å². The van der Waals surface area contributed by atoms with Gasteiger partial charge in [0.15, 0.2) is 6.61 Å². The summed E-state index contributed by atoms with van der Waals surface area (Å²) in [5, 5.41) is 13.4. The molecule has 0 radical (unpaired) electrons. The van der Waals surface area contributed by atoms with Crippen LogP contribution in [0.5, 0.6) is 5.75 Å². The van der Waals surface area contributed by atoms with Gasteiger partial charge in [0.05, 0.1) is 5.02 Å². The number of anilines is 1. The number of halogens is 3. The average molecular weight is 429 g/mol. The molecular formula is C17H12Cl3N3O2S. The van der Waals surface area contributed by atoms with Gasteiger partial charge in [0.2, 0.25) is 5.13 Å². The van der Waals surface area contributed by atoms with Crippen LogP contribution in [0.2, 0.25) is 15.1 Å². The second-order valence-electron chi connectivity index (χ2n) is 5.22. The molecule has 3 rings (SSSR count). The van der Waals surface area contributed by atoms with Gasteiger partial charge in [0.25, 0.3) is 5.91 Å². The van der Waals surface area contributed by atoms with E-state index < -0.39 is 0 Å². The van der Waals surface area contributed by atoms with Crippen molar-refractivity contribution in [3.05, 3.63) is 68.1 Å². The van der Waals surface area contributed by atoms with E-state index in [1.165, 1.54) is 11.3 Å². The number of benzene rings is 2. The topological polar surface area (TPSA) is 64.1 Å². The fraction of sp³-hybridized carbons (Fsp3) is 0.118. The summed E-state index contributed by atoms with van der Waals surface area (Å²) in [5.74, 6) is 0.0251. The maximum Gasteiger partial charge on any atom is 0.264 e. The summed E-state index contributed by atoms with van der Waals surface area (Å²) in [5.41, 5.74) is 1.06. The molecule has 1 amide bonds. The molecule has 9 heteroatoms. The molecule has 0 spiro atoms. The summed E-state index contributed by atoms with van der Waals surface area (Å²) < 4.78 is 5.38. The Morgan fingerprint density at radius 1 is 1.04 bits per heavy atom. The van der Waals surface area contributed by atoms with Crippen molar-refractivity contribution in [1.29, 1.82) is 0 Å². The normalized spacial score (nSPS) is 10.6. The fourth-order valence-electron chi connectivity index (χ4n) is 2.04. The molecule has 2 aromatic carbocycles. The number of nitrogens with zero attached hydrogens (tertiary/aromatic N) is 2. The Morgan fingerprint density at radius 2 is 1.77 bits per heavy atom. The highest BCUT2D eigenvalue weighted by molar-refractivity contribution is 7.15. The Labute approximate surface area is 168 Å². The summed E-state index contributed by atoms with van der Waals surface area (Å²) in [4.78, 5) is 12.0. The standard InChI is InChI=1S/C17H12Cl3N3O2S/c18-11-3-1-10(2-4-11)7-16-22-23-17(26-16)21-15(24)9-25-14-6-5-12(19)8-13(14)20/h1-6,8H,7,9H2,(H,21,23,24). The first-order valence-electron chi connectivity index (χ1n) is 7.44. The molecule has 0 saturated carbocycles. The molecule has 0 saturated heterocycles. The summed E-state index contributed by atoms with van der Waals surface area (Å²) in [6.07, 6.45) is 0.613. The molecule has 1 heterocycles. The summed E-state index contributed by atoms with van der Waals surface area (Å²) in [6.45, 7) is -0.201. The van der Waals surface area contributed by atoms with E-state index in [9.17, 15) is 4.79 Å². The maximum atomic E-state index is 12.0. The predicted molar refractivity (Wildman–Crippen MR) is 105 cm³/mol. The SMILES string of the molecule is O=C(COc1ccc(Cl)cc1Cl)Nc1nnc(Cc2ccc(Cl)cc2)s1. The zero-order valence-electron chi connectivity index (χ0n) is 13.2. The van der Waals surface area contributed by atoms with Crippen LogP contribution in [0.1, 0.15) is 10.6 Å². The molecule has 1 N–H and O–H groups in total. The van der Waals surface area contributed by atoms with Crippen LogP contribution in [0.15, 0.2) is 42.5 Å². The lowest BCUT2D eigenvalue weighted by molar-refractivity contribution is -0.118. The molecule has 3 aromatic rings. The van der Waals surface area contributed by atoms with Crippen LogP contribution >= 0.6 is 46.1 Å². The fourth-order valence-corrected chi connectivity index (χ4v) is 3.42. The third-order valence-electron chi connectivity index (χ3n) is 3.23. The van der Waals surface area contributed by atoms with Crippen LogP contribution in [0.3, 0.4) is 0 Å². The summed E-state index contributed by atoms with van der Waals surface area (Å²) in [6, 6.07) is 12.3. The van der Waals surface area contributed by atoms with Crippen molar-refractivity contribution < 1.29 is 9.53 Å². The number of amides is 1. The number of aromatic nitrogens is 2. The number of carbonyl (C=O) groups is 1. The van der Waals surface area contributed by atoms with Crippen LogP contribution in [0.4, 0.5) is 5.13 Å². The lowest BCUT2D eigenvalue weighted by atomic mass is 10.2. The van der Waals surface area contributed by atoms with Crippen molar-refractivity contribution in [3.8, 4) is 5.75 Å². The monoisotopic (exact) mass is 427 g/mol. The molecule has 26 heavy (non-hydrogen) atoms. The van der Waals surface area contributed by atoms with Crippen LogP contribution in [-0.4, -0.2) is 22.7 Å². The van der Waals surface area contributed by atoms with E-state index >= 15 is 0 Å². The number of hydrogen-bond acceptors (Lipinski definition) is 5. The van der Waals surface area contributed by atoms with Gasteiger partial charge in [-0.15, -0.1) is 10.2 Å². The molecule has 0 aliphatic rings. The Hall–Kier alpha value is -1.86. The quantitative estimate of drug-likeness (QED) is 0.593. The van der Waals surface area contributed by atoms with Crippen molar-refractivity contribution in [1.82, 2.24) is 10.2 Å². The van der Waals surface area contributed by atoms with E-state index in [0.717, 1.165) is 10.6 Å². The minimum atomic E-state index is -0.356. The molecule has 1 aromatic heterocycles. The smallest absolute Gasteiger partial charge is 0.264 e. The maximum absolute atomic E-state index is 12.0. The minimum Gasteiger partial charge on any atom is -0.482 e. The second kappa shape index (κ2) is 8.68. The van der Waals surface area contributed by atoms with Gasteiger partial charge in [0, 0.05) is 16.5 Å². The number of nitrogens with one attached hydrogen (secondary N) is 1. The highest BCUT2D eigenvalue weighted by Gasteiger charge is 2.11. The Bertz CT molecular complexity index is 916. The van der Waals surface area contributed by atoms with Crippen LogP contribution < -0.4 is 10.1 Å². The van der Waals surface area contributed by atoms with E-state index in [4.69, 9.17) is 39.5 Å². The molecule has 5 nitrogen and oxygen atoms in total. The highest BCUT2D eigenvalue weighted by atomic mass is 35.5. The Kier molecular flexibility index (Phi) is 6.32. The summed E-state index contributed by atoms with van der Waals surface area (Å²) in [7, 11) is 0. The van der Waals surface area contributed by atoms with Gasteiger partial charge < -0.3 is 4.74 Å². The first-order valence-corrected chi connectivity index (χ1v) is 9.39. The van der Waals surface area contributed by atoms with Crippen LogP contribution in [-0.2, 0) is 11.2 Å². The third-order valence-corrected chi connectivity index (χ3v) is 4.86. The second-order valence-corrected chi connectivity index (χ2v) is 7.56. The van der Waals surface area contributed by atoms with Gasteiger partial charge in [-0.2, -0.15) is 0 Å². The zero-order chi connectivity index (χ0) is 18.5. The summed E-state index contributed by atoms with van der Waals surface area (Å²) >= 11 is 19.0. The molecular weight excluding hydrogens is 417 g/mol. The molecule has 0 bridgehead atoms. The minimum absolute atomic E-state index is 0.201. The van der Waals surface area contributed by atoms with Crippen molar-refractivity contribution in [2.24, 2.45) is 0 Å². The largest absolute Gasteiger partial charge is 0.482 e. The molecule has 0 unspecified atom stereocenters. The molecule has 0 aliphatic heterocycles. The van der Waals surface area contributed by atoms with Gasteiger partial charge in [-0.25, -0.2) is 0 Å². The van der Waals surface area contributed by atoms with E-state index in [2.05, 4.69) is 15.5 Å². The van der Waals surface area contributed by atoms with Crippen LogP contribution in [0.25, 0.3) is 0 Å². The van der Waals surface area contributed by atoms with Crippen molar-refractivity contribution in [2.75, 3.05) is 11.9 Å². The molecule has 0 aliphatic carbocycles. The van der Waals surface area contributed by atoms with E-state index in [1.807, 2.05) is 24.3 Å². The molecule has 0 atom stereocenters. The predicted octanol–water partition coefficient (Wildman–Crippen LogP) is 5.11. The first kappa shape index (κ1) is 18.9. The number of ether oxygens (including phenoxy) is 1. The van der Waals surface area contributed by atoms with Gasteiger partial charge in [0.1, 0.15) is 10.8 Å². The van der Waals surface area contributed by atoms with E-state index in [-0.39, 0.29) is 12.5 Å². The first-order chi connectivity index (χ1) is 12.5. The third kappa shape index (κ3) is 5.32. The van der Waals surface area contributed by atoms with Gasteiger partial charge in [-0.1, -0.05) is 58.3 Å².